The van der Waals surface area contributed by atoms with E-state index in [2.05, 4.69) is 20.4 Å². The average molecular weight is 347 g/mol. The number of aromatic nitrogens is 5. The average Bonchev–Trinajstić information content (AvgIpc) is 3.15. The largest absolute Gasteiger partial charge is 0.393 e. The molecule has 7 nitrogen and oxygen atoms in total. The molecule has 1 saturated carbocycles. The van der Waals surface area contributed by atoms with E-state index in [9.17, 15) is 5.11 Å². The molecule has 3 aromatic heterocycles. The minimum atomic E-state index is -0.184. The third-order valence-electron chi connectivity index (χ3n) is 4.51. The van der Waals surface area contributed by atoms with Crippen molar-refractivity contribution < 1.29 is 5.11 Å². The lowest BCUT2D eigenvalue weighted by molar-refractivity contribution is 0.126. The van der Waals surface area contributed by atoms with Gasteiger partial charge in [0.05, 0.1) is 23.5 Å². The number of nitrogens with zero attached hydrogens (tertiary/aromatic N) is 5. The highest BCUT2D eigenvalue weighted by Crippen LogP contribution is 2.29. The van der Waals surface area contributed by atoms with Crippen LogP contribution in [0.1, 0.15) is 25.7 Å². The van der Waals surface area contributed by atoms with Crippen LogP contribution < -0.4 is 5.32 Å². The SMILES string of the molecule is Cn1cc(-n2ccc3nc(Cl)nc(N[C@H]4CC[C@H](O)CC4)c32)cn1. The number of aliphatic hydroxyl groups excluding tert-OH is 1. The van der Waals surface area contributed by atoms with Crippen LogP contribution in [-0.4, -0.2) is 41.6 Å². The number of rotatable bonds is 3. The first-order valence-electron chi connectivity index (χ1n) is 8.08. The molecule has 0 radical (unpaired) electrons. The van der Waals surface area contributed by atoms with E-state index in [1.165, 1.54) is 0 Å². The molecule has 4 rings (SSSR count). The topological polar surface area (TPSA) is 80.8 Å². The Morgan fingerprint density at radius 3 is 2.75 bits per heavy atom. The van der Waals surface area contributed by atoms with Gasteiger partial charge < -0.3 is 15.0 Å². The molecular formula is C16H19ClN6O. The van der Waals surface area contributed by atoms with Gasteiger partial charge in [0, 0.05) is 25.5 Å². The molecule has 0 aromatic carbocycles. The van der Waals surface area contributed by atoms with Gasteiger partial charge in [-0.3, -0.25) is 4.68 Å². The Balaban J connectivity index is 1.74. The van der Waals surface area contributed by atoms with Gasteiger partial charge >= 0.3 is 0 Å². The van der Waals surface area contributed by atoms with Gasteiger partial charge in [0.25, 0.3) is 0 Å². The van der Waals surface area contributed by atoms with Crippen molar-refractivity contribution in [1.82, 2.24) is 24.3 Å². The summed E-state index contributed by atoms with van der Waals surface area (Å²) in [4.78, 5) is 8.73. The van der Waals surface area contributed by atoms with Crippen LogP contribution in [-0.2, 0) is 7.05 Å². The molecule has 0 atom stereocenters. The van der Waals surface area contributed by atoms with E-state index >= 15 is 0 Å². The first kappa shape index (κ1) is 15.4. The molecule has 2 N–H and O–H groups in total. The Labute approximate surface area is 144 Å². The number of halogens is 1. The van der Waals surface area contributed by atoms with Gasteiger partial charge in [-0.15, -0.1) is 0 Å². The molecule has 1 aliphatic carbocycles. The summed E-state index contributed by atoms with van der Waals surface area (Å²) in [7, 11) is 1.88. The second-order valence-corrected chi connectivity index (χ2v) is 6.62. The van der Waals surface area contributed by atoms with Crippen molar-refractivity contribution in [3.63, 3.8) is 0 Å². The number of aryl methyl sites for hydroxylation is 1. The van der Waals surface area contributed by atoms with Gasteiger partial charge in [0.15, 0.2) is 5.82 Å². The number of anilines is 1. The van der Waals surface area contributed by atoms with E-state index in [4.69, 9.17) is 11.6 Å². The van der Waals surface area contributed by atoms with Gasteiger partial charge in [-0.05, 0) is 43.4 Å². The minimum Gasteiger partial charge on any atom is -0.393 e. The van der Waals surface area contributed by atoms with Crippen molar-refractivity contribution in [2.45, 2.75) is 37.8 Å². The molecule has 3 heterocycles. The molecular weight excluding hydrogens is 328 g/mol. The molecule has 3 aromatic rings. The maximum absolute atomic E-state index is 9.68. The smallest absolute Gasteiger partial charge is 0.225 e. The van der Waals surface area contributed by atoms with Crippen LogP contribution in [0.5, 0.6) is 0 Å². The third kappa shape index (κ3) is 2.85. The van der Waals surface area contributed by atoms with Gasteiger partial charge in [-0.25, -0.2) is 4.98 Å². The van der Waals surface area contributed by atoms with E-state index in [-0.39, 0.29) is 17.4 Å². The lowest BCUT2D eigenvalue weighted by atomic mass is 9.93. The van der Waals surface area contributed by atoms with Crippen molar-refractivity contribution in [3.05, 3.63) is 29.9 Å². The minimum absolute atomic E-state index is 0.184. The standard InChI is InChI=1S/C16H19ClN6O/c1-22-9-11(8-18-22)23-7-6-13-14(23)15(21-16(17)20-13)19-10-2-4-12(24)5-3-10/h6-10,12,24H,2-5H2,1H3,(H,19,20,21)/t10-,12-. The molecule has 0 aliphatic heterocycles. The zero-order valence-electron chi connectivity index (χ0n) is 13.4. The van der Waals surface area contributed by atoms with Crippen LogP contribution in [0.15, 0.2) is 24.7 Å². The highest BCUT2D eigenvalue weighted by Gasteiger charge is 2.22. The summed E-state index contributed by atoms with van der Waals surface area (Å²) in [6.45, 7) is 0. The second kappa shape index (κ2) is 6.07. The quantitative estimate of drug-likeness (QED) is 0.712. The van der Waals surface area contributed by atoms with Crippen LogP contribution in [0.4, 0.5) is 5.82 Å². The maximum Gasteiger partial charge on any atom is 0.225 e. The molecule has 8 heteroatoms. The third-order valence-corrected chi connectivity index (χ3v) is 4.68. The lowest BCUT2D eigenvalue weighted by Gasteiger charge is -2.27. The molecule has 1 fully saturated rings. The van der Waals surface area contributed by atoms with Crippen molar-refractivity contribution in [2.75, 3.05) is 5.32 Å². The first-order valence-corrected chi connectivity index (χ1v) is 8.46. The summed E-state index contributed by atoms with van der Waals surface area (Å²) in [5.41, 5.74) is 2.62. The maximum atomic E-state index is 9.68. The highest BCUT2D eigenvalue weighted by atomic mass is 35.5. The number of hydrogen-bond acceptors (Lipinski definition) is 5. The normalized spacial score (nSPS) is 21.3. The Bertz CT molecular complexity index is 865. The summed E-state index contributed by atoms with van der Waals surface area (Å²) >= 11 is 6.10. The molecule has 0 unspecified atom stereocenters. The number of aliphatic hydroxyl groups is 1. The summed E-state index contributed by atoms with van der Waals surface area (Å²) < 4.78 is 3.77. The number of nitrogens with one attached hydrogen (secondary N) is 1. The molecule has 126 valence electrons. The summed E-state index contributed by atoms with van der Waals surface area (Å²) in [6, 6.07) is 2.20. The summed E-state index contributed by atoms with van der Waals surface area (Å²) in [6.07, 6.45) is 8.95. The first-order chi connectivity index (χ1) is 11.6. The van der Waals surface area contributed by atoms with E-state index in [0.717, 1.165) is 48.2 Å². The Morgan fingerprint density at radius 1 is 1.25 bits per heavy atom. The van der Waals surface area contributed by atoms with Crippen LogP contribution >= 0.6 is 11.6 Å². The molecule has 1 aliphatic rings. The molecule has 0 spiro atoms. The van der Waals surface area contributed by atoms with E-state index in [1.54, 1.807) is 10.9 Å². The molecule has 24 heavy (non-hydrogen) atoms. The fraction of sp³-hybridized carbons (Fsp3) is 0.438. The Morgan fingerprint density at radius 2 is 2.04 bits per heavy atom. The van der Waals surface area contributed by atoms with Gasteiger partial charge in [0.1, 0.15) is 5.52 Å². The van der Waals surface area contributed by atoms with Crippen LogP contribution in [0.3, 0.4) is 0 Å². The van der Waals surface area contributed by atoms with E-state index in [0.29, 0.717) is 0 Å². The van der Waals surface area contributed by atoms with Crippen molar-refractivity contribution >= 4 is 28.5 Å². The predicted octanol–water partition coefficient (Wildman–Crippen LogP) is 2.52. The molecule has 0 bridgehead atoms. The van der Waals surface area contributed by atoms with E-state index in [1.807, 2.05) is 30.1 Å². The van der Waals surface area contributed by atoms with Gasteiger partial charge in [-0.2, -0.15) is 10.1 Å². The van der Waals surface area contributed by atoms with Crippen molar-refractivity contribution in [3.8, 4) is 5.69 Å². The number of hydrogen-bond donors (Lipinski definition) is 2. The van der Waals surface area contributed by atoms with Gasteiger partial charge in [-0.1, -0.05) is 0 Å². The predicted molar refractivity (Wildman–Crippen MR) is 92.5 cm³/mol. The van der Waals surface area contributed by atoms with Gasteiger partial charge in [0.2, 0.25) is 5.28 Å². The number of fused-ring (bicyclic) bond motifs is 1. The van der Waals surface area contributed by atoms with Crippen LogP contribution in [0.2, 0.25) is 5.28 Å². The highest BCUT2D eigenvalue weighted by molar-refractivity contribution is 6.28. The van der Waals surface area contributed by atoms with Crippen molar-refractivity contribution in [2.24, 2.45) is 7.05 Å². The lowest BCUT2D eigenvalue weighted by Crippen LogP contribution is -2.28. The molecule has 0 saturated heterocycles. The summed E-state index contributed by atoms with van der Waals surface area (Å²) in [5, 5.41) is 17.6. The zero-order chi connectivity index (χ0) is 16.7. The monoisotopic (exact) mass is 346 g/mol. The fourth-order valence-corrected chi connectivity index (χ4v) is 3.45. The van der Waals surface area contributed by atoms with Crippen LogP contribution in [0.25, 0.3) is 16.7 Å². The fourth-order valence-electron chi connectivity index (χ4n) is 3.28. The molecule has 0 amide bonds. The van der Waals surface area contributed by atoms with Crippen molar-refractivity contribution in [1.29, 1.82) is 0 Å². The Kier molecular flexibility index (Phi) is 3.90. The summed E-state index contributed by atoms with van der Waals surface area (Å²) in [5.74, 6) is 0.722. The second-order valence-electron chi connectivity index (χ2n) is 6.28. The Hall–Kier alpha value is -2.12. The zero-order valence-corrected chi connectivity index (χ0v) is 14.1. The van der Waals surface area contributed by atoms with E-state index < -0.39 is 0 Å². The van der Waals surface area contributed by atoms with Crippen LogP contribution in [0, 0.1) is 0 Å².